The highest BCUT2D eigenvalue weighted by Crippen LogP contribution is 2.40. The molecule has 1 saturated carbocycles. The number of pyridine rings is 1. The number of fused-ring (bicyclic) bond motifs is 1. The predicted octanol–water partition coefficient (Wildman–Crippen LogP) is 3.50. The van der Waals surface area contributed by atoms with Gasteiger partial charge in [0.25, 0.3) is 0 Å². The molecule has 0 radical (unpaired) electrons. The first-order chi connectivity index (χ1) is 12.7. The molecule has 1 aliphatic carbocycles. The maximum absolute atomic E-state index is 9.29. The lowest BCUT2D eigenvalue weighted by Crippen LogP contribution is -2.24. The van der Waals surface area contributed by atoms with Gasteiger partial charge in [-0.2, -0.15) is 5.26 Å². The Labute approximate surface area is 157 Å². The fourth-order valence-electron chi connectivity index (χ4n) is 3.96. The predicted molar refractivity (Wildman–Crippen MR) is 100.0 cm³/mol. The van der Waals surface area contributed by atoms with E-state index < -0.39 is 0 Å². The van der Waals surface area contributed by atoms with Crippen molar-refractivity contribution in [3.8, 4) is 17.6 Å². The van der Waals surface area contributed by atoms with E-state index in [2.05, 4.69) is 16.0 Å². The summed E-state index contributed by atoms with van der Waals surface area (Å²) in [5.74, 6) is 3.41. The Morgan fingerprint density at radius 1 is 1.15 bits per heavy atom. The van der Waals surface area contributed by atoms with Crippen molar-refractivity contribution in [1.82, 2.24) is 9.88 Å². The van der Waals surface area contributed by atoms with Crippen molar-refractivity contribution in [1.29, 1.82) is 5.26 Å². The number of aromatic hydroxyl groups is 1. The molecule has 3 atom stereocenters. The molecule has 1 N–H and O–H groups in total. The zero-order valence-corrected chi connectivity index (χ0v) is 15.2. The van der Waals surface area contributed by atoms with Crippen LogP contribution in [-0.4, -0.2) is 40.1 Å². The molecular formula is C20H21N3O2S. The molecule has 2 aliphatic rings. The van der Waals surface area contributed by atoms with Gasteiger partial charge < -0.3 is 9.84 Å². The molecule has 0 unspecified atom stereocenters. The fourth-order valence-corrected chi connectivity index (χ4v) is 4.78. The van der Waals surface area contributed by atoms with Crippen LogP contribution in [0.25, 0.3) is 0 Å². The topological polar surface area (TPSA) is 69.4 Å². The van der Waals surface area contributed by atoms with Crippen molar-refractivity contribution in [2.24, 2.45) is 11.8 Å². The number of aromatic nitrogens is 1. The molecule has 0 bridgehead atoms. The number of nitrogens with zero attached hydrogens (tertiary/aromatic N) is 3. The van der Waals surface area contributed by atoms with Crippen molar-refractivity contribution >= 4 is 11.8 Å². The number of hydrogen-bond donors (Lipinski definition) is 1. The Balaban J connectivity index is 1.24. The van der Waals surface area contributed by atoms with Crippen molar-refractivity contribution in [3.63, 3.8) is 0 Å². The van der Waals surface area contributed by atoms with E-state index in [0.29, 0.717) is 17.4 Å². The Morgan fingerprint density at radius 3 is 2.50 bits per heavy atom. The van der Waals surface area contributed by atoms with Crippen LogP contribution in [0.15, 0.2) is 47.6 Å². The third-order valence-electron chi connectivity index (χ3n) is 5.19. The van der Waals surface area contributed by atoms with Crippen molar-refractivity contribution < 1.29 is 9.84 Å². The first kappa shape index (κ1) is 17.2. The zero-order valence-electron chi connectivity index (χ0n) is 14.4. The fraction of sp³-hybridized carbons (Fsp3) is 0.400. The number of rotatable bonds is 5. The molecule has 134 valence electrons. The number of nitriles is 1. The molecule has 0 spiro atoms. The molecule has 1 aliphatic heterocycles. The minimum atomic E-state index is 0.207. The minimum Gasteiger partial charge on any atom is -0.506 e. The summed E-state index contributed by atoms with van der Waals surface area (Å²) in [4.78, 5) is 6.72. The van der Waals surface area contributed by atoms with Gasteiger partial charge in [0.15, 0.2) is 0 Å². The van der Waals surface area contributed by atoms with Crippen LogP contribution in [0.4, 0.5) is 0 Å². The molecule has 1 aromatic carbocycles. The molecule has 4 rings (SSSR count). The van der Waals surface area contributed by atoms with Gasteiger partial charge >= 0.3 is 0 Å². The van der Waals surface area contributed by atoms with Gasteiger partial charge in [0.1, 0.15) is 11.5 Å². The van der Waals surface area contributed by atoms with Crippen molar-refractivity contribution in [2.75, 3.05) is 19.0 Å². The van der Waals surface area contributed by atoms with E-state index in [-0.39, 0.29) is 11.9 Å². The number of hydrogen-bond acceptors (Lipinski definition) is 6. The molecule has 0 amide bonds. The number of likely N-dealkylation sites (tertiary alicyclic amines) is 1. The van der Waals surface area contributed by atoms with E-state index >= 15 is 0 Å². The second-order valence-electron chi connectivity index (χ2n) is 7.03. The third-order valence-corrected chi connectivity index (χ3v) is 6.22. The smallest absolute Gasteiger partial charge is 0.133 e. The molecule has 5 nitrogen and oxygen atoms in total. The zero-order chi connectivity index (χ0) is 17.9. The molecule has 6 heteroatoms. The van der Waals surface area contributed by atoms with Crippen LogP contribution < -0.4 is 4.74 Å². The van der Waals surface area contributed by atoms with Gasteiger partial charge in [0, 0.05) is 13.1 Å². The van der Waals surface area contributed by atoms with Gasteiger partial charge in [-0.1, -0.05) is 11.8 Å². The first-order valence-corrected chi connectivity index (χ1v) is 9.85. The Kier molecular flexibility index (Phi) is 5.00. The summed E-state index contributed by atoms with van der Waals surface area (Å²) >= 11 is 1.72. The SMILES string of the molecule is N#Cc1ccc(O[C@@H]2C[C@@H]3CN(CSc4ccc(O)cn4)C[C@@H]3C2)cc1. The molecule has 2 fully saturated rings. The summed E-state index contributed by atoms with van der Waals surface area (Å²) in [6, 6.07) is 13.1. The lowest BCUT2D eigenvalue weighted by atomic mass is 10.0. The average molecular weight is 367 g/mol. The molecule has 2 aromatic rings. The number of ether oxygens (including phenoxy) is 1. The van der Waals surface area contributed by atoms with E-state index in [4.69, 9.17) is 10.00 Å². The number of benzene rings is 1. The molecule has 1 saturated heterocycles. The van der Waals surface area contributed by atoms with Crippen LogP contribution in [0.3, 0.4) is 0 Å². The summed E-state index contributed by atoms with van der Waals surface area (Å²) in [5.41, 5.74) is 0.664. The van der Waals surface area contributed by atoms with E-state index in [9.17, 15) is 5.11 Å². The summed E-state index contributed by atoms with van der Waals surface area (Å²) in [7, 11) is 0. The molecule has 1 aromatic heterocycles. The van der Waals surface area contributed by atoms with Gasteiger partial charge in [-0.3, -0.25) is 4.90 Å². The summed E-state index contributed by atoms with van der Waals surface area (Å²) in [6.45, 7) is 2.23. The highest BCUT2D eigenvalue weighted by Gasteiger charge is 2.41. The first-order valence-electron chi connectivity index (χ1n) is 8.86. The van der Waals surface area contributed by atoms with Crippen LogP contribution in [-0.2, 0) is 0 Å². The normalized spacial score (nSPS) is 25.0. The monoisotopic (exact) mass is 367 g/mol. The highest BCUT2D eigenvalue weighted by atomic mass is 32.2. The van der Waals surface area contributed by atoms with Crippen LogP contribution in [0.2, 0.25) is 0 Å². The van der Waals surface area contributed by atoms with Crippen LogP contribution in [0.5, 0.6) is 11.5 Å². The molecular weight excluding hydrogens is 346 g/mol. The van der Waals surface area contributed by atoms with Gasteiger partial charge in [-0.25, -0.2) is 4.98 Å². The van der Waals surface area contributed by atoms with Crippen LogP contribution in [0.1, 0.15) is 18.4 Å². The maximum atomic E-state index is 9.29. The van der Waals surface area contributed by atoms with Gasteiger partial charge in [-0.15, -0.1) is 0 Å². The standard InChI is InChI=1S/C20H21N3O2S/c21-9-14-1-4-18(5-2-14)25-19-7-15-11-23(12-16(15)8-19)13-26-20-6-3-17(24)10-22-20/h1-6,10,15-16,19,24H,7-8,11-13H2/t15-,16+,19-. The lowest BCUT2D eigenvalue weighted by molar-refractivity contribution is 0.189. The third kappa shape index (κ3) is 3.95. The van der Waals surface area contributed by atoms with Crippen molar-refractivity contribution in [3.05, 3.63) is 48.2 Å². The Bertz CT molecular complexity index is 774. The minimum absolute atomic E-state index is 0.207. The van der Waals surface area contributed by atoms with E-state index in [1.165, 1.54) is 6.20 Å². The van der Waals surface area contributed by atoms with Crippen LogP contribution in [0, 0.1) is 23.2 Å². The second-order valence-corrected chi connectivity index (χ2v) is 8.00. The summed E-state index contributed by atoms with van der Waals surface area (Å²) < 4.78 is 6.12. The quantitative estimate of drug-likeness (QED) is 0.816. The maximum Gasteiger partial charge on any atom is 0.133 e. The molecule has 2 heterocycles. The van der Waals surface area contributed by atoms with E-state index in [1.807, 2.05) is 18.2 Å². The largest absolute Gasteiger partial charge is 0.506 e. The van der Waals surface area contributed by atoms with E-state index in [1.54, 1.807) is 30.0 Å². The Morgan fingerprint density at radius 2 is 1.88 bits per heavy atom. The summed E-state index contributed by atoms with van der Waals surface area (Å²) in [5, 5.41) is 19.1. The number of thioether (sulfide) groups is 1. The van der Waals surface area contributed by atoms with Gasteiger partial charge in [0.05, 0.1) is 34.8 Å². The highest BCUT2D eigenvalue weighted by molar-refractivity contribution is 7.99. The molecule has 26 heavy (non-hydrogen) atoms. The average Bonchev–Trinajstić information content (AvgIpc) is 3.20. The summed E-state index contributed by atoms with van der Waals surface area (Å²) in [6.07, 6.45) is 3.98. The van der Waals surface area contributed by atoms with Gasteiger partial charge in [0.2, 0.25) is 0 Å². The lowest BCUT2D eigenvalue weighted by Gasteiger charge is -2.19. The second kappa shape index (κ2) is 7.56. The van der Waals surface area contributed by atoms with Gasteiger partial charge in [-0.05, 0) is 61.1 Å². The van der Waals surface area contributed by atoms with E-state index in [0.717, 1.165) is 42.6 Å². The van der Waals surface area contributed by atoms with Crippen molar-refractivity contribution in [2.45, 2.75) is 24.0 Å². The van der Waals surface area contributed by atoms with Crippen LogP contribution >= 0.6 is 11.8 Å². The Hall–Kier alpha value is -2.23.